The number of hydrogen-bond acceptors (Lipinski definition) is 4. The Morgan fingerprint density at radius 3 is 2.63 bits per heavy atom. The van der Waals surface area contributed by atoms with Crippen molar-refractivity contribution in [2.24, 2.45) is 0 Å². The van der Waals surface area contributed by atoms with Gasteiger partial charge in [-0.1, -0.05) is 0 Å². The number of ether oxygens (including phenoxy) is 1. The molecule has 1 aromatic carbocycles. The first kappa shape index (κ1) is 18.9. The van der Waals surface area contributed by atoms with Gasteiger partial charge in [-0.05, 0) is 37.1 Å². The number of nitrogens with zero attached hydrogens (tertiary/aromatic N) is 2. The van der Waals surface area contributed by atoms with E-state index in [0.29, 0.717) is 18.7 Å². The number of carbonyl (C=O) groups is 2. The van der Waals surface area contributed by atoms with Gasteiger partial charge in [0.25, 0.3) is 0 Å². The van der Waals surface area contributed by atoms with Crippen molar-refractivity contribution in [2.45, 2.75) is 31.9 Å². The van der Waals surface area contributed by atoms with Gasteiger partial charge in [0.1, 0.15) is 5.69 Å². The molecule has 1 saturated heterocycles. The van der Waals surface area contributed by atoms with Crippen LogP contribution in [0.3, 0.4) is 0 Å². The first-order chi connectivity index (χ1) is 12.9. The summed E-state index contributed by atoms with van der Waals surface area (Å²) in [5.74, 6) is -0.583. The first-order valence-corrected chi connectivity index (χ1v) is 8.53. The molecule has 2 heterocycles. The molecule has 144 valence electrons. The maximum Gasteiger partial charge on any atom is 0.433 e. The van der Waals surface area contributed by atoms with Crippen molar-refractivity contribution < 1.29 is 27.5 Å². The van der Waals surface area contributed by atoms with E-state index in [1.54, 1.807) is 29.2 Å². The van der Waals surface area contributed by atoms with Crippen molar-refractivity contribution in [2.75, 3.05) is 18.1 Å². The lowest BCUT2D eigenvalue weighted by molar-refractivity contribution is -0.141. The Kier molecular flexibility index (Phi) is 5.48. The van der Waals surface area contributed by atoms with Crippen molar-refractivity contribution in [1.82, 2.24) is 10.2 Å². The summed E-state index contributed by atoms with van der Waals surface area (Å²) in [4.78, 5) is 25.6. The smallest absolute Gasteiger partial charge is 0.433 e. The number of alkyl halides is 3. The third-order valence-corrected chi connectivity index (χ3v) is 4.34. The Bertz CT molecular complexity index is 815. The Labute approximate surface area is 153 Å². The Morgan fingerprint density at radius 1 is 1.22 bits per heavy atom. The molecular weight excluding hydrogens is 363 g/mol. The zero-order valence-electron chi connectivity index (χ0n) is 14.4. The van der Waals surface area contributed by atoms with Crippen LogP contribution in [0, 0.1) is 0 Å². The molecule has 1 aliphatic rings. The van der Waals surface area contributed by atoms with Crippen LogP contribution in [0.15, 0.2) is 30.5 Å². The van der Waals surface area contributed by atoms with Crippen molar-refractivity contribution in [3.05, 3.63) is 47.3 Å². The van der Waals surface area contributed by atoms with Crippen LogP contribution in [0.1, 0.15) is 40.9 Å². The Hall–Kier alpha value is -2.84. The summed E-state index contributed by atoms with van der Waals surface area (Å²) in [6.45, 7) is 0.447. The van der Waals surface area contributed by atoms with Crippen LogP contribution >= 0.6 is 0 Å². The molecule has 9 heteroatoms. The molecule has 1 aromatic heterocycles. The molecule has 1 N–H and O–H groups in total. The van der Waals surface area contributed by atoms with Crippen LogP contribution in [0.2, 0.25) is 0 Å². The predicted molar refractivity (Wildman–Crippen MR) is 90.2 cm³/mol. The zero-order valence-corrected chi connectivity index (χ0v) is 14.4. The van der Waals surface area contributed by atoms with Gasteiger partial charge in [0, 0.05) is 30.6 Å². The third-order valence-electron chi connectivity index (χ3n) is 4.34. The van der Waals surface area contributed by atoms with Gasteiger partial charge < -0.3 is 9.64 Å². The van der Waals surface area contributed by atoms with E-state index in [4.69, 9.17) is 4.74 Å². The van der Waals surface area contributed by atoms with E-state index in [9.17, 15) is 22.8 Å². The number of benzene rings is 1. The summed E-state index contributed by atoms with van der Waals surface area (Å²) in [6.07, 6.45) is -1.23. The summed E-state index contributed by atoms with van der Waals surface area (Å²) in [5.41, 5.74) is -0.0146. The molecule has 0 bridgehead atoms. The highest BCUT2D eigenvalue weighted by molar-refractivity contribution is 5.95. The van der Waals surface area contributed by atoms with Gasteiger partial charge in [0.15, 0.2) is 0 Å². The summed E-state index contributed by atoms with van der Waals surface area (Å²) >= 11 is 0. The van der Waals surface area contributed by atoms with Gasteiger partial charge in [-0.2, -0.15) is 18.3 Å². The molecule has 2 aromatic rings. The number of rotatable bonds is 5. The normalized spacial score (nSPS) is 15.1. The van der Waals surface area contributed by atoms with Crippen molar-refractivity contribution >= 4 is 17.6 Å². The van der Waals surface area contributed by atoms with Crippen LogP contribution < -0.4 is 4.90 Å². The number of aromatic amines is 1. The molecule has 1 aliphatic heterocycles. The topological polar surface area (TPSA) is 75.3 Å². The van der Waals surface area contributed by atoms with Crippen LogP contribution in [0.4, 0.5) is 18.9 Å². The van der Waals surface area contributed by atoms with Crippen molar-refractivity contribution in [1.29, 1.82) is 0 Å². The average molecular weight is 381 g/mol. The first-order valence-electron chi connectivity index (χ1n) is 8.53. The number of anilines is 1. The number of H-pyrrole nitrogens is 1. The molecule has 0 saturated carbocycles. The minimum absolute atomic E-state index is 0.0529. The molecule has 0 aliphatic carbocycles. The standard InChI is InChI=1S/C18H18F3N3O3/c19-18(20,21)16-13(11-22-23-16)8-10-27-17(26)12-4-6-14(7-5-12)24-9-2-1-3-15(24)25/h4-7,11H,1-3,8-10H2,(H,22,23). The molecule has 6 nitrogen and oxygen atoms in total. The molecule has 1 amide bonds. The highest BCUT2D eigenvalue weighted by atomic mass is 19.4. The Balaban J connectivity index is 1.56. The molecule has 0 atom stereocenters. The van der Waals surface area contributed by atoms with Crippen molar-refractivity contribution in [3.8, 4) is 0 Å². The fraction of sp³-hybridized carbons (Fsp3) is 0.389. The van der Waals surface area contributed by atoms with Crippen LogP contribution in [0.5, 0.6) is 0 Å². The highest BCUT2D eigenvalue weighted by Crippen LogP contribution is 2.30. The van der Waals surface area contributed by atoms with Gasteiger partial charge in [0.2, 0.25) is 5.91 Å². The number of carbonyl (C=O) groups excluding carboxylic acids is 2. The van der Waals surface area contributed by atoms with E-state index in [1.165, 1.54) is 0 Å². The van der Waals surface area contributed by atoms with E-state index < -0.39 is 17.8 Å². The second kappa shape index (κ2) is 7.81. The minimum Gasteiger partial charge on any atom is -0.462 e. The van der Waals surface area contributed by atoms with Gasteiger partial charge in [-0.15, -0.1) is 0 Å². The van der Waals surface area contributed by atoms with E-state index >= 15 is 0 Å². The molecular formula is C18H18F3N3O3. The largest absolute Gasteiger partial charge is 0.462 e. The van der Waals surface area contributed by atoms with E-state index in [2.05, 4.69) is 5.10 Å². The lowest BCUT2D eigenvalue weighted by atomic mass is 10.1. The van der Waals surface area contributed by atoms with Crippen LogP contribution in [-0.4, -0.2) is 35.2 Å². The number of nitrogens with one attached hydrogen (secondary N) is 1. The Morgan fingerprint density at radius 2 is 1.96 bits per heavy atom. The van der Waals surface area contributed by atoms with Gasteiger partial charge >= 0.3 is 12.1 Å². The van der Waals surface area contributed by atoms with Gasteiger partial charge in [-0.3, -0.25) is 9.89 Å². The van der Waals surface area contributed by atoms with Crippen LogP contribution in [-0.2, 0) is 22.1 Å². The lowest BCUT2D eigenvalue weighted by Crippen LogP contribution is -2.35. The SMILES string of the molecule is O=C(OCCc1cn[nH]c1C(F)(F)F)c1ccc(N2CCCCC2=O)cc1. The van der Waals surface area contributed by atoms with E-state index in [-0.39, 0.29) is 30.1 Å². The molecule has 0 spiro atoms. The van der Waals surface area contributed by atoms with Crippen LogP contribution in [0.25, 0.3) is 0 Å². The van der Waals surface area contributed by atoms with E-state index in [1.807, 2.05) is 5.10 Å². The molecule has 0 unspecified atom stereocenters. The monoisotopic (exact) mass is 381 g/mol. The maximum atomic E-state index is 12.7. The summed E-state index contributed by atoms with van der Waals surface area (Å²) in [6, 6.07) is 6.41. The second-order valence-electron chi connectivity index (χ2n) is 6.20. The second-order valence-corrected chi connectivity index (χ2v) is 6.20. The molecule has 0 radical (unpaired) electrons. The molecule has 1 fully saturated rings. The number of aromatic nitrogens is 2. The summed E-state index contributed by atoms with van der Waals surface area (Å²) in [7, 11) is 0. The minimum atomic E-state index is -4.53. The summed E-state index contributed by atoms with van der Waals surface area (Å²) in [5, 5.41) is 5.30. The maximum absolute atomic E-state index is 12.7. The lowest BCUT2D eigenvalue weighted by Gasteiger charge is -2.26. The third kappa shape index (κ3) is 4.47. The number of amides is 1. The van der Waals surface area contributed by atoms with E-state index in [0.717, 1.165) is 19.0 Å². The molecule has 3 rings (SSSR count). The zero-order chi connectivity index (χ0) is 19.4. The fourth-order valence-electron chi connectivity index (χ4n) is 2.94. The summed E-state index contributed by atoms with van der Waals surface area (Å²) < 4.78 is 43.3. The van der Waals surface area contributed by atoms with Gasteiger partial charge in [0.05, 0.1) is 18.4 Å². The van der Waals surface area contributed by atoms with Gasteiger partial charge in [-0.25, -0.2) is 4.79 Å². The fourth-order valence-corrected chi connectivity index (χ4v) is 2.94. The highest BCUT2D eigenvalue weighted by Gasteiger charge is 2.35. The molecule has 27 heavy (non-hydrogen) atoms. The predicted octanol–water partition coefficient (Wildman–Crippen LogP) is 3.34. The quantitative estimate of drug-likeness (QED) is 0.806. The van der Waals surface area contributed by atoms with Crippen molar-refractivity contribution in [3.63, 3.8) is 0 Å². The number of esters is 1. The number of hydrogen-bond donors (Lipinski definition) is 1. The number of halogens is 3. The number of piperidine rings is 1. The average Bonchev–Trinajstić information content (AvgIpc) is 3.11.